The highest BCUT2D eigenvalue weighted by molar-refractivity contribution is 7.80. The largest absolute Gasteiger partial charge is 0.367 e. The molecule has 0 aliphatic rings. The van der Waals surface area contributed by atoms with Gasteiger partial charge in [0.1, 0.15) is 6.23 Å². The van der Waals surface area contributed by atoms with Crippen molar-refractivity contribution in [2.75, 3.05) is 19.4 Å². The van der Waals surface area contributed by atoms with Crippen LogP contribution < -0.4 is 5.32 Å². The van der Waals surface area contributed by atoms with Crippen LogP contribution >= 0.6 is 12.6 Å². The molecule has 9 heavy (non-hydrogen) atoms. The first-order valence-corrected chi connectivity index (χ1v) is 3.85. The smallest absolute Gasteiger partial charge is 0.107 e. The van der Waals surface area contributed by atoms with Gasteiger partial charge in [-0.2, -0.15) is 12.6 Å². The van der Waals surface area contributed by atoms with E-state index in [0.29, 0.717) is 0 Å². The predicted octanol–water partition coefficient (Wildman–Crippen LogP) is 0.888. The first-order chi connectivity index (χ1) is 4.35. The molecule has 0 amide bonds. The highest BCUT2D eigenvalue weighted by atomic mass is 32.1. The zero-order valence-electron chi connectivity index (χ0n) is 6.05. The van der Waals surface area contributed by atoms with E-state index in [1.54, 1.807) is 7.11 Å². The van der Waals surface area contributed by atoms with Crippen LogP contribution in [0.1, 0.15) is 13.3 Å². The molecule has 1 atom stereocenters. The second-order valence-electron chi connectivity index (χ2n) is 1.81. The molecule has 2 nitrogen and oxygen atoms in total. The number of methoxy groups -OCH3 is 1. The highest BCUT2D eigenvalue weighted by Gasteiger charge is 1.98. The van der Waals surface area contributed by atoms with Crippen LogP contribution in [-0.4, -0.2) is 25.6 Å². The molecule has 0 fully saturated rings. The summed E-state index contributed by atoms with van der Waals surface area (Å²) in [5, 5.41) is 3.17. The molecule has 0 bridgehead atoms. The Morgan fingerprint density at radius 2 is 2.33 bits per heavy atom. The van der Waals surface area contributed by atoms with Crippen LogP contribution in [-0.2, 0) is 4.74 Å². The van der Waals surface area contributed by atoms with Gasteiger partial charge in [-0.1, -0.05) is 6.92 Å². The van der Waals surface area contributed by atoms with Gasteiger partial charge in [-0.05, 0) is 6.42 Å². The maximum absolute atomic E-state index is 5.06. The Labute approximate surface area is 62.4 Å². The fourth-order valence-corrected chi connectivity index (χ4v) is 0.749. The first kappa shape index (κ1) is 9.27. The van der Waals surface area contributed by atoms with Crippen LogP contribution in [0.2, 0.25) is 0 Å². The van der Waals surface area contributed by atoms with Gasteiger partial charge in [0.25, 0.3) is 0 Å². The molecule has 1 N–H and O–H groups in total. The second-order valence-corrected chi connectivity index (χ2v) is 2.26. The molecule has 0 heterocycles. The van der Waals surface area contributed by atoms with Crippen LogP contribution in [0.15, 0.2) is 0 Å². The summed E-state index contributed by atoms with van der Waals surface area (Å²) in [5.41, 5.74) is 0. The minimum atomic E-state index is 0.206. The summed E-state index contributed by atoms with van der Waals surface area (Å²) in [7, 11) is 1.71. The standard InChI is InChI=1S/C6H15NOS/c1-3-6(8-2)7-4-5-9/h6-7,9H,3-5H2,1-2H3/t6-/m0/s1. The molecule has 0 aromatic carbocycles. The maximum atomic E-state index is 5.06. The van der Waals surface area contributed by atoms with E-state index in [1.165, 1.54) is 0 Å². The minimum absolute atomic E-state index is 0.206. The van der Waals surface area contributed by atoms with Crippen LogP contribution in [0, 0.1) is 0 Å². The molecule has 3 heteroatoms. The Hall–Kier alpha value is 0.270. The fraction of sp³-hybridized carbons (Fsp3) is 1.00. The molecule has 0 saturated heterocycles. The number of ether oxygens (including phenoxy) is 1. The molecule has 0 unspecified atom stereocenters. The molecule has 0 spiro atoms. The van der Waals surface area contributed by atoms with Gasteiger partial charge in [0.05, 0.1) is 0 Å². The summed E-state index contributed by atoms with van der Waals surface area (Å²) in [5.74, 6) is 0.861. The van der Waals surface area contributed by atoms with E-state index >= 15 is 0 Å². The molecule has 0 aromatic heterocycles. The molecule has 0 saturated carbocycles. The van der Waals surface area contributed by atoms with E-state index in [-0.39, 0.29) is 6.23 Å². The van der Waals surface area contributed by atoms with Crippen molar-refractivity contribution >= 4 is 12.6 Å². The van der Waals surface area contributed by atoms with Crippen LogP contribution in [0.25, 0.3) is 0 Å². The van der Waals surface area contributed by atoms with Crippen molar-refractivity contribution in [1.29, 1.82) is 0 Å². The van der Waals surface area contributed by atoms with Gasteiger partial charge in [0, 0.05) is 19.4 Å². The van der Waals surface area contributed by atoms with E-state index in [2.05, 4.69) is 24.9 Å². The maximum Gasteiger partial charge on any atom is 0.107 e. The summed E-state index contributed by atoms with van der Waals surface area (Å²) in [6.45, 7) is 3.00. The quantitative estimate of drug-likeness (QED) is 0.447. The van der Waals surface area contributed by atoms with Crippen molar-refractivity contribution in [3.8, 4) is 0 Å². The number of hydrogen-bond donors (Lipinski definition) is 2. The lowest BCUT2D eigenvalue weighted by molar-refractivity contribution is 0.0729. The Balaban J connectivity index is 3.09. The van der Waals surface area contributed by atoms with E-state index in [9.17, 15) is 0 Å². The molecule has 0 aliphatic heterocycles. The van der Waals surface area contributed by atoms with E-state index in [1.807, 2.05) is 0 Å². The Bertz CT molecular complexity index is 57.0. The van der Waals surface area contributed by atoms with E-state index < -0.39 is 0 Å². The summed E-state index contributed by atoms with van der Waals surface area (Å²) >= 11 is 4.05. The van der Waals surface area contributed by atoms with Gasteiger partial charge < -0.3 is 4.74 Å². The fourth-order valence-electron chi connectivity index (χ4n) is 0.620. The molecule has 0 radical (unpaired) electrons. The molecule has 0 aliphatic carbocycles. The second kappa shape index (κ2) is 6.39. The SMILES string of the molecule is CC[C@@H](NCCS)OC. The van der Waals surface area contributed by atoms with Crippen molar-refractivity contribution < 1.29 is 4.74 Å². The molecule has 56 valence electrons. The van der Waals surface area contributed by atoms with Crippen molar-refractivity contribution in [3.05, 3.63) is 0 Å². The van der Waals surface area contributed by atoms with Crippen LogP contribution in [0.5, 0.6) is 0 Å². The lowest BCUT2D eigenvalue weighted by Crippen LogP contribution is -2.31. The average Bonchev–Trinajstić information content (AvgIpc) is 1.91. The Kier molecular flexibility index (Phi) is 6.58. The first-order valence-electron chi connectivity index (χ1n) is 3.22. The van der Waals surface area contributed by atoms with Gasteiger partial charge in [0.15, 0.2) is 0 Å². The average molecular weight is 149 g/mol. The van der Waals surface area contributed by atoms with Crippen molar-refractivity contribution in [2.24, 2.45) is 0 Å². The number of hydrogen-bond acceptors (Lipinski definition) is 3. The minimum Gasteiger partial charge on any atom is -0.367 e. The van der Waals surface area contributed by atoms with Gasteiger partial charge in [-0.25, -0.2) is 0 Å². The highest BCUT2D eigenvalue weighted by Crippen LogP contribution is 1.89. The topological polar surface area (TPSA) is 21.3 Å². The number of rotatable bonds is 5. The third-order valence-electron chi connectivity index (χ3n) is 1.14. The summed E-state index contributed by atoms with van der Waals surface area (Å²) < 4.78 is 5.06. The Morgan fingerprint density at radius 1 is 1.67 bits per heavy atom. The molecule has 0 rings (SSSR count). The van der Waals surface area contributed by atoms with Crippen molar-refractivity contribution in [2.45, 2.75) is 19.6 Å². The third kappa shape index (κ3) is 4.75. The normalized spacial score (nSPS) is 13.7. The monoisotopic (exact) mass is 149 g/mol. The van der Waals surface area contributed by atoms with Crippen LogP contribution in [0.4, 0.5) is 0 Å². The van der Waals surface area contributed by atoms with Crippen molar-refractivity contribution in [1.82, 2.24) is 5.32 Å². The lowest BCUT2D eigenvalue weighted by atomic mass is 10.4. The van der Waals surface area contributed by atoms with Crippen LogP contribution in [0.3, 0.4) is 0 Å². The number of nitrogens with one attached hydrogen (secondary N) is 1. The molecular weight excluding hydrogens is 134 g/mol. The zero-order chi connectivity index (χ0) is 7.11. The van der Waals surface area contributed by atoms with Gasteiger partial charge >= 0.3 is 0 Å². The molecule has 0 aromatic rings. The summed E-state index contributed by atoms with van der Waals surface area (Å²) in [6.07, 6.45) is 1.21. The van der Waals surface area contributed by atoms with Crippen molar-refractivity contribution in [3.63, 3.8) is 0 Å². The molecular formula is C6H15NOS. The van der Waals surface area contributed by atoms with E-state index in [4.69, 9.17) is 4.74 Å². The van der Waals surface area contributed by atoms with Gasteiger partial charge in [0.2, 0.25) is 0 Å². The lowest BCUT2D eigenvalue weighted by Gasteiger charge is -2.13. The third-order valence-corrected chi connectivity index (χ3v) is 1.36. The van der Waals surface area contributed by atoms with E-state index in [0.717, 1.165) is 18.7 Å². The number of thiol groups is 1. The Morgan fingerprint density at radius 3 is 2.67 bits per heavy atom. The predicted molar refractivity (Wildman–Crippen MR) is 42.9 cm³/mol. The summed E-state index contributed by atoms with van der Waals surface area (Å²) in [4.78, 5) is 0. The summed E-state index contributed by atoms with van der Waals surface area (Å²) in [6, 6.07) is 0. The van der Waals surface area contributed by atoms with Gasteiger partial charge in [-0.15, -0.1) is 0 Å². The van der Waals surface area contributed by atoms with Gasteiger partial charge in [-0.3, -0.25) is 5.32 Å². The zero-order valence-corrected chi connectivity index (χ0v) is 6.95.